The van der Waals surface area contributed by atoms with E-state index in [1.807, 2.05) is 39.3 Å². The fourth-order valence-corrected chi connectivity index (χ4v) is 4.49. The molecule has 1 saturated carbocycles. The molecule has 28 heavy (non-hydrogen) atoms. The van der Waals surface area contributed by atoms with Gasteiger partial charge in [0.05, 0.1) is 11.4 Å². The van der Waals surface area contributed by atoms with E-state index in [1.54, 1.807) is 17.0 Å². The van der Waals surface area contributed by atoms with Crippen molar-refractivity contribution in [1.82, 2.24) is 14.7 Å². The van der Waals surface area contributed by atoms with E-state index >= 15 is 0 Å². The van der Waals surface area contributed by atoms with Crippen molar-refractivity contribution in [3.8, 4) is 5.69 Å². The van der Waals surface area contributed by atoms with Crippen LogP contribution in [-0.2, 0) is 4.74 Å². The second kappa shape index (κ2) is 6.33. The van der Waals surface area contributed by atoms with E-state index in [2.05, 4.69) is 11.2 Å². The van der Waals surface area contributed by atoms with Gasteiger partial charge in [-0.05, 0) is 71.2 Å². The SMILES string of the molecule is Cc1cc(C2CC3(C2)CN(C(=O)OC(C)(C)C)C3)n(-c2cc(F)ccc2C)n1. The minimum atomic E-state index is -0.463. The summed E-state index contributed by atoms with van der Waals surface area (Å²) in [5.41, 5.74) is 3.60. The average molecular weight is 385 g/mol. The Balaban J connectivity index is 1.45. The molecule has 1 aliphatic carbocycles. The zero-order chi connectivity index (χ0) is 20.3. The molecule has 0 bridgehead atoms. The number of carbonyl (C=O) groups is 1. The second-order valence-corrected chi connectivity index (χ2v) is 9.49. The smallest absolute Gasteiger partial charge is 0.410 e. The number of carbonyl (C=O) groups excluding carboxylic acids is 1. The van der Waals surface area contributed by atoms with Crippen molar-refractivity contribution in [2.75, 3.05) is 13.1 Å². The molecule has 2 aliphatic rings. The first-order chi connectivity index (χ1) is 13.1. The number of benzene rings is 1. The van der Waals surface area contributed by atoms with E-state index < -0.39 is 5.60 Å². The average Bonchev–Trinajstić information content (AvgIpc) is 2.86. The van der Waals surface area contributed by atoms with Gasteiger partial charge in [-0.1, -0.05) is 6.07 Å². The van der Waals surface area contributed by atoms with Crippen LogP contribution in [0, 0.1) is 25.1 Å². The van der Waals surface area contributed by atoms with Crippen LogP contribution in [0.25, 0.3) is 5.69 Å². The van der Waals surface area contributed by atoms with Crippen molar-refractivity contribution in [1.29, 1.82) is 0 Å². The van der Waals surface area contributed by atoms with Gasteiger partial charge in [0.15, 0.2) is 0 Å². The molecule has 2 aromatic rings. The van der Waals surface area contributed by atoms with Gasteiger partial charge in [0.1, 0.15) is 11.4 Å². The van der Waals surface area contributed by atoms with Crippen molar-refractivity contribution in [3.05, 3.63) is 47.0 Å². The summed E-state index contributed by atoms with van der Waals surface area (Å²) in [4.78, 5) is 14.0. The summed E-state index contributed by atoms with van der Waals surface area (Å²) in [6.45, 7) is 11.1. The first kappa shape index (κ1) is 19.0. The summed E-state index contributed by atoms with van der Waals surface area (Å²) < 4.78 is 21.2. The topological polar surface area (TPSA) is 47.4 Å². The van der Waals surface area contributed by atoms with Gasteiger partial charge in [-0.2, -0.15) is 5.10 Å². The molecule has 2 fully saturated rings. The largest absolute Gasteiger partial charge is 0.444 e. The van der Waals surface area contributed by atoms with E-state index in [0.717, 1.165) is 48.6 Å². The van der Waals surface area contributed by atoms with Crippen molar-refractivity contribution in [3.63, 3.8) is 0 Å². The standard InChI is InChI=1S/C22H28FN3O2/c1-14-6-7-17(23)9-18(14)26-19(8-15(2)24-26)16-10-22(11-16)12-25(13-22)20(27)28-21(3,4)5/h6-9,16H,10-13H2,1-5H3. The Labute approximate surface area is 165 Å². The van der Waals surface area contributed by atoms with E-state index in [4.69, 9.17) is 4.74 Å². The zero-order valence-electron chi connectivity index (χ0n) is 17.3. The predicted octanol–water partition coefficient (Wildman–Crippen LogP) is 4.74. The third-order valence-electron chi connectivity index (χ3n) is 5.74. The molecule has 1 saturated heterocycles. The summed E-state index contributed by atoms with van der Waals surface area (Å²) in [5.74, 6) is 0.126. The van der Waals surface area contributed by atoms with Gasteiger partial charge in [0, 0.05) is 30.1 Å². The monoisotopic (exact) mass is 385 g/mol. The number of nitrogens with zero attached hydrogens (tertiary/aromatic N) is 3. The molecule has 2 heterocycles. The maximum absolute atomic E-state index is 13.8. The third-order valence-corrected chi connectivity index (χ3v) is 5.74. The van der Waals surface area contributed by atoms with Crippen LogP contribution in [0.4, 0.5) is 9.18 Å². The lowest BCUT2D eigenvalue weighted by atomic mass is 9.57. The highest BCUT2D eigenvalue weighted by Gasteiger charge is 2.55. The molecule has 1 aliphatic heterocycles. The van der Waals surface area contributed by atoms with Crippen LogP contribution in [0.3, 0.4) is 0 Å². The Bertz CT molecular complexity index is 914. The number of halogens is 1. The summed E-state index contributed by atoms with van der Waals surface area (Å²) in [6, 6.07) is 6.92. The Kier molecular flexibility index (Phi) is 4.28. The van der Waals surface area contributed by atoms with Gasteiger partial charge < -0.3 is 9.64 Å². The number of hydrogen-bond acceptors (Lipinski definition) is 3. The highest BCUT2D eigenvalue weighted by molar-refractivity contribution is 5.69. The van der Waals surface area contributed by atoms with Crippen LogP contribution in [0.15, 0.2) is 24.3 Å². The predicted molar refractivity (Wildman–Crippen MR) is 105 cm³/mol. The van der Waals surface area contributed by atoms with E-state index in [-0.39, 0.29) is 17.3 Å². The molecule has 0 radical (unpaired) electrons. The number of likely N-dealkylation sites (tertiary alicyclic amines) is 1. The van der Waals surface area contributed by atoms with Gasteiger partial charge in [0.25, 0.3) is 0 Å². The fraction of sp³-hybridized carbons (Fsp3) is 0.545. The Morgan fingerprint density at radius 2 is 1.89 bits per heavy atom. The number of aromatic nitrogens is 2. The van der Waals surface area contributed by atoms with Crippen LogP contribution < -0.4 is 0 Å². The number of hydrogen-bond donors (Lipinski definition) is 0. The first-order valence-electron chi connectivity index (χ1n) is 9.86. The van der Waals surface area contributed by atoms with Crippen LogP contribution in [0.2, 0.25) is 0 Å². The Morgan fingerprint density at radius 3 is 2.54 bits per heavy atom. The highest BCUT2D eigenvalue weighted by atomic mass is 19.1. The lowest BCUT2D eigenvalue weighted by Crippen LogP contribution is -2.63. The van der Waals surface area contributed by atoms with Crippen LogP contribution in [0.5, 0.6) is 0 Å². The maximum atomic E-state index is 13.8. The Hall–Kier alpha value is -2.37. The summed E-state index contributed by atoms with van der Waals surface area (Å²) >= 11 is 0. The van der Waals surface area contributed by atoms with Gasteiger partial charge in [-0.25, -0.2) is 13.9 Å². The number of rotatable bonds is 2. The normalized spacial score (nSPS) is 18.7. The number of amides is 1. The van der Waals surface area contributed by atoms with E-state index in [0.29, 0.717) is 5.92 Å². The molecule has 1 aromatic heterocycles. The molecule has 150 valence electrons. The molecule has 1 spiro atoms. The van der Waals surface area contributed by atoms with Gasteiger partial charge in [-0.15, -0.1) is 0 Å². The summed E-state index contributed by atoms with van der Waals surface area (Å²) in [6.07, 6.45) is 1.82. The number of ether oxygens (including phenoxy) is 1. The lowest BCUT2D eigenvalue weighted by molar-refractivity contribution is -0.0794. The molecule has 4 rings (SSSR count). The highest BCUT2D eigenvalue weighted by Crippen LogP contribution is 2.56. The van der Waals surface area contributed by atoms with E-state index in [1.165, 1.54) is 6.07 Å². The minimum Gasteiger partial charge on any atom is -0.444 e. The van der Waals surface area contributed by atoms with Crippen LogP contribution in [0.1, 0.15) is 56.5 Å². The fourth-order valence-electron chi connectivity index (χ4n) is 4.49. The molecule has 1 amide bonds. The molecule has 6 heteroatoms. The van der Waals surface area contributed by atoms with Gasteiger partial charge in [0.2, 0.25) is 0 Å². The molecule has 1 aromatic carbocycles. The van der Waals surface area contributed by atoms with Gasteiger partial charge >= 0.3 is 6.09 Å². The van der Waals surface area contributed by atoms with Crippen LogP contribution in [-0.4, -0.2) is 39.5 Å². The maximum Gasteiger partial charge on any atom is 0.410 e. The third kappa shape index (κ3) is 3.40. The molecular weight excluding hydrogens is 357 g/mol. The van der Waals surface area contributed by atoms with Gasteiger partial charge in [-0.3, -0.25) is 0 Å². The van der Waals surface area contributed by atoms with Crippen LogP contribution >= 0.6 is 0 Å². The summed E-state index contributed by atoms with van der Waals surface area (Å²) in [7, 11) is 0. The zero-order valence-corrected chi connectivity index (χ0v) is 17.3. The van der Waals surface area contributed by atoms with Crippen molar-refractivity contribution in [2.24, 2.45) is 5.41 Å². The molecular formula is C22H28FN3O2. The van der Waals surface area contributed by atoms with Crippen molar-refractivity contribution in [2.45, 2.75) is 59.0 Å². The minimum absolute atomic E-state index is 0.196. The number of aryl methyl sites for hydroxylation is 2. The summed E-state index contributed by atoms with van der Waals surface area (Å²) in [5, 5.41) is 4.63. The first-order valence-corrected chi connectivity index (χ1v) is 9.86. The van der Waals surface area contributed by atoms with Crippen molar-refractivity contribution < 1.29 is 13.9 Å². The lowest BCUT2D eigenvalue weighted by Gasteiger charge is -2.58. The molecule has 5 nitrogen and oxygen atoms in total. The second-order valence-electron chi connectivity index (χ2n) is 9.49. The van der Waals surface area contributed by atoms with E-state index in [9.17, 15) is 9.18 Å². The van der Waals surface area contributed by atoms with Crippen molar-refractivity contribution >= 4 is 6.09 Å². The molecule has 0 N–H and O–H groups in total. The Morgan fingerprint density at radius 1 is 1.21 bits per heavy atom. The quantitative estimate of drug-likeness (QED) is 0.750. The molecule has 0 atom stereocenters. The molecule has 0 unspecified atom stereocenters.